The van der Waals surface area contributed by atoms with E-state index in [1.165, 1.54) is 7.11 Å². The summed E-state index contributed by atoms with van der Waals surface area (Å²) in [6.07, 6.45) is -4.06. The number of likely N-dealkylation sites (N-methyl/N-ethyl adjacent to an activating group) is 1. The Hall–Kier alpha value is -5.30. The lowest BCUT2D eigenvalue weighted by molar-refractivity contribution is -0.138. The van der Waals surface area contributed by atoms with Gasteiger partial charge < -0.3 is 24.9 Å². The third kappa shape index (κ3) is 11.1. The molecule has 8 nitrogen and oxygen atoms in total. The van der Waals surface area contributed by atoms with Crippen molar-refractivity contribution < 1.29 is 45.9 Å². The zero-order valence-electron chi connectivity index (χ0n) is 29.2. The van der Waals surface area contributed by atoms with Gasteiger partial charge in [-0.25, -0.2) is 8.78 Å². The molecule has 1 fully saturated rings. The van der Waals surface area contributed by atoms with Crippen molar-refractivity contribution in [1.29, 1.82) is 0 Å². The number of alkyl halides is 3. The highest BCUT2D eigenvalue weighted by Gasteiger charge is 2.38. The average Bonchev–Trinajstić information content (AvgIpc) is 3.95. The maximum Gasteiger partial charge on any atom is 0.417 e. The van der Waals surface area contributed by atoms with E-state index in [1.807, 2.05) is 50.2 Å². The predicted molar refractivity (Wildman–Crippen MR) is 185 cm³/mol. The van der Waals surface area contributed by atoms with Crippen LogP contribution >= 0.6 is 0 Å². The number of hydrogen-bond acceptors (Lipinski definition) is 6. The Kier molecular flexibility index (Phi) is 13.9. The highest BCUT2D eigenvalue weighted by Crippen LogP contribution is 2.34. The van der Waals surface area contributed by atoms with Crippen LogP contribution in [0.15, 0.2) is 90.1 Å². The first-order valence-electron chi connectivity index (χ1n) is 16.4. The Morgan fingerprint density at radius 2 is 1.63 bits per heavy atom. The van der Waals surface area contributed by atoms with Gasteiger partial charge in [0, 0.05) is 14.2 Å². The summed E-state index contributed by atoms with van der Waals surface area (Å²) in [5.74, 6) is -3.95. The molecular formula is C39H40F5N3O5. The number of carbonyl (C=O) groups excluding carboxylic acids is 2. The summed E-state index contributed by atoms with van der Waals surface area (Å²) in [4.78, 5) is 29.3. The van der Waals surface area contributed by atoms with Crippen LogP contribution < -0.4 is 15.4 Å². The van der Waals surface area contributed by atoms with Crippen LogP contribution in [0, 0.1) is 31.4 Å². The van der Waals surface area contributed by atoms with Crippen molar-refractivity contribution in [1.82, 2.24) is 10.6 Å². The molecule has 1 saturated carbocycles. The Morgan fingerprint density at radius 3 is 2.29 bits per heavy atom. The van der Waals surface area contributed by atoms with E-state index in [-0.39, 0.29) is 24.9 Å². The molecule has 0 saturated heterocycles. The van der Waals surface area contributed by atoms with Gasteiger partial charge in [-0.3, -0.25) is 9.59 Å². The van der Waals surface area contributed by atoms with Gasteiger partial charge in [-0.1, -0.05) is 71.9 Å². The minimum atomic E-state index is -4.99. The Balaban J connectivity index is 0.000000239. The maximum absolute atomic E-state index is 14.4. The molecule has 4 aromatic rings. The number of ether oxygens (including phenoxy) is 2. The molecule has 0 heterocycles. The number of aryl methyl sites for hydroxylation is 2. The Morgan fingerprint density at radius 1 is 0.942 bits per heavy atom. The second-order valence-corrected chi connectivity index (χ2v) is 12.2. The van der Waals surface area contributed by atoms with Crippen LogP contribution in [0.5, 0.6) is 5.75 Å². The first-order valence-corrected chi connectivity index (χ1v) is 16.4. The van der Waals surface area contributed by atoms with E-state index in [2.05, 4.69) is 21.9 Å². The van der Waals surface area contributed by atoms with Gasteiger partial charge in [0.1, 0.15) is 19.0 Å². The first kappa shape index (κ1) is 39.5. The average molecular weight is 726 g/mol. The molecule has 1 aliphatic carbocycles. The topological polar surface area (TPSA) is 98.2 Å². The van der Waals surface area contributed by atoms with Gasteiger partial charge in [-0.2, -0.15) is 13.2 Å². The molecular weight excluding hydrogens is 685 g/mol. The lowest BCUT2D eigenvalue weighted by Gasteiger charge is -2.18. The number of carbonyl (C=O) groups is 2. The quantitative estimate of drug-likeness (QED) is 0.0674. The largest absolute Gasteiger partial charge is 0.489 e. The standard InChI is InChI=1S/C20H17F5N2O2.C19H23NO3/c21-15-9-8-14(20(23,24)25)17(18(15)22)19(27-29-11-13-6-7-13)26-16(28)10-12-4-2-1-3-5-12;1-13-9-10-14(2)17(11-13)23-12-15-7-5-6-8-16(15)18(22-4)19(21)20-3/h1-5,8-9,13H,6-7,10-11H2,(H,26,27,28);5-11,18H,12H2,1-4H3,(H,20,21). The van der Waals surface area contributed by atoms with Crippen LogP contribution in [-0.2, 0) is 38.4 Å². The van der Waals surface area contributed by atoms with Gasteiger partial charge >= 0.3 is 6.18 Å². The van der Waals surface area contributed by atoms with Gasteiger partial charge in [0.15, 0.2) is 23.6 Å². The van der Waals surface area contributed by atoms with Gasteiger partial charge in [0.2, 0.25) is 5.91 Å². The van der Waals surface area contributed by atoms with E-state index in [4.69, 9.17) is 14.3 Å². The van der Waals surface area contributed by atoms with Crippen molar-refractivity contribution in [2.45, 2.75) is 52.0 Å². The molecule has 0 bridgehead atoms. The fraction of sp³-hybridized carbons (Fsp3) is 0.308. The maximum atomic E-state index is 14.4. The van der Waals surface area contributed by atoms with Crippen LogP contribution in [0.3, 0.4) is 0 Å². The summed E-state index contributed by atoms with van der Waals surface area (Å²) >= 11 is 0. The molecule has 1 unspecified atom stereocenters. The molecule has 2 N–H and O–H groups in total. The Bertz CT molecular complexity index is 1860. The summed E-state index contributed by atoms with van der Waals surface area (Å²) < 4.78 is 79.5. The van der Waals surface area contributed by atoms with Crippen LogP contribution in [-0.4, -0.2) is 38.4 Å². The molecule has 5 rings (SSSR count). The highest BCUT2D eigenvalue weighted by atomic mass is 19.4. The molecule has 0 radical (unpaired) electrons. The summed E-state index contributed by atoms with van der Waals surface area (Å²) in [7, 11) is 3.13. The molecule has 276 valence electrons. The number of rotatable bonds is 12. The zero-order valence-corrected chi connectivity index (χ0v) is 29.2. The molecule has 4 aromatic carbocycles. The van der Waals surface area contributed by atoms with Crippen molar-refractivity contribution in [3.63, 3.8) is 0 Å². The van der Waals surface area contributed by atoms with Crippen LogP contribution in [0.1, 0.15) is 57.9 Å². The molecule has 2 amide bonds. The second-order valence-electron chi connectivity index (χ2n) is 12.2. The van der Waals surface area contributed by atoms with E-state index in [0.717, 1.165) is 40.8 Å². The lowest BCUT2D eigenvalue weighted by Crippen LogP contribution is -2.35. The summed E-state index contributed by atoms with van der Waals surface area (Å²) in [5, 5.41) is 8.27. The summed E-state index contributed by atoms with van der Waals surface area (Å²) in [5.41, 5.74) is 1.91. The van der Waals surface area contributed by atoms with Crippen molar-refractivity contribution >= 4 is 17.6 Å². The minimum absolute atomic E-state index is 0.107. The number of amidine groups is 1. The van der Waals surface area contributed by atoms with Gasteiger partial charge in [-0.15, -0.1) is 0 Å². The SMILES string of the molecule is CNC(=O)C(OC)c1ccccc1COc1cc(C)ccc1C.O=C(Cc1ccccc1)N/C(=N\OCC1CC1)c1c(C(F)(F)F)ccc(F)c1F. The van der Waals surface area contributed by atoms with Crippen molar-refractivity contribution in [3.05, 3.63) is 136 Å². The normalized spacial score (nSPS) is 13.4. The van der Waals surface area contributed by atoms with Crippen molar-refractivity contribution in [2.24, 2.45) is 11.1 Å². The number of oxime groups is 1. The molecule has 13 heteroatoms. The number of amides is 2. The summed E-state index contributed by atoms with van der Waals surface area (Å²) in [6.45, 7) is 4.55. The van der Waals surface area contributed by atoms with Crippen LogP contribution in [0.2, 0.25) is 0 Å². The molecule has 0 aromatic heterocycles. The molecule has 0 aliphatic heterocycles. The Labute approximate surface area is 299 Å². The second kappa shape index (κ2) is 18.3. The van der Waals surface area contributed by atoms with Crippen LogP contribution in [0.4, 0.5) is 22.0 Å². The molecule has 1 atom stereocenters. The van der Waals surface area contributed by atoms with Gasteiger partial charge in [-0.05, 0) is 78.6 Å². The fourth-order valence-corrected chi connectivity index (χ4v) is 5.04. The monoisotopic (exact) mass is 725 g/mol. The third-order valence-corrected chi connectivity index (χ3v) is 8.05. The van der Waals surface area contributed by atoms with Crippen molar-refractivity contribution in [2.75, 3.05) is 20.8 Å². The van der Waals surface area contributed by atoms with Gasteiger partial charge in [0.05, 0.1) is 17.5 Å². The van der Waals surface area contributed by atoms with E-state index >= 15 is 0 Å². The number of methoxy groups -OCH3 is 1. The van der Waals surface area contributed by atoms with Gasteiger partial charge in [0.25, 0.3) is 5.91 Å². The van der Waals surface area contributed by atoms with E-state index in [9.17, 15) is 31.5 Å². The first-order chi connectivity index (χ1) is 24.8. The van der Waals surface area contributed by atoms with Crippen LogP contribution in [0.25, 0.3) is 0 Å². The highest BCUT2D eigenvalue weighted by molar-refractivity contribution is 6.09. The third-order valence-electron chi connectivity index (χ3n) is 8.05. The number of nitrogens with one attached hydrogen (secondary N) is 2. The van der Waals surface area contributed by atoms with E-state index < -0.39 is 46.8 Å². The van der Waals surface area contributed by atoms with E-state index in [1.54, 1.807) is 37.4 Å². The molecule has 1 aliphatic rings. The molecule has 0 spiro atoms. The predicted octanol–water partition coefficient (Wildman–Crippen LogP) is 7.75. The number of nitrogens with zero attached hydrogens (tertiary/aromatic N) is 1. The minimum Gasteiger partial charge on any atom is -0.489 e. The molecule has 52 heavy (non-hydrogen) atoms. The zero-order chi connectivity index (χ0) is 37.8. The fourth-order valence-electron chi connectivity index (χ4n) is 5.04. The number of hydrogen-bond donors (Lipinski definition) is 2. The van der Waals surface area contributed by atoms with Crippen molar-refractivity contribution in [3.8, 4) is 5.75 Å². The number of benzene rings is 4. The lowest BCUT2D eigenvalue weighted by atomic mass is 10.0. The number of halogens is 5. The smallest absolute Gasteiger partial charge is 0.417 e. The van der Waals surface area contributed by atoms with E-state index in [0.29, 0.717) is 24.3 Å². The summed E-state index contributed by atoms with van der Waals surface area (Å²) in [6, 6.07) is 22.9.